The van der Waals surface area contributed by atoms with Crippen LogP contribution in [-0.2, 0) is 11.3 Å². The first-order valence-corrected chi connectivity index (χ1v) is 9.54. The van der Waals surface area contributed by atoms with Gasteiger partial charge in [-0.15, -0.1) is 11.3 Å². The molecule has 4 rings (SSSR count). The van der Waals surface area contributed by atoms with Crippen LogP contribution >= 0.6 is 34.3 Å². The van der Waals surface area contributed by atoms with Crippen molar-refractivity contribution in [2.75, 3.05) is 0 Å². The van der Waals surface area contributed by atoms with Crippen LogP contribution in [0.15, 0.2) is 52.6 Å². The molecule has 0 unspecified atom stereocenters. The van der Waals surface area contributed by atoms with Crippen molar-refractivity contribution < 1.29 is 9.53 Å². The van der Waals surface area contributed by atoms with E-state index in [9.17, 15) is 9.59 Å². The third-order valence-electron chi connectivity index (χ3n) is 3.46. The van der Waals surface area contributed by atoms with Gasteiger partial charge in [-0.05, 0) is 35.7 Å². The second-order valence-corrected chi connectivity index (χ2v) is 7.59. The first-order valence-electron chi connectivity index (χ1n) is 7.46. The number of fused-ring (bicyclic) bond motifs is 1. The maximum absolute atomic E-state index is 12.2. The van der Waals surface area contributed by atoms with E-state index < -0.39 is 5.97 Å². The molecule has 1 aromatic carbocycles. The smallest absolute Gasteiger partial charge is 0.338 e. The molecule has 0 spiro atoms. The molecule has 0 saturated heterocycles. The largest absolute Gasteiger partial charge is 0.456 e. The predicted octanol–water partition coefficient (Wildman–Crippen LogP) is 3.89. The van der Waals surface area contributed by atoms with Crippen molar-refractivity contribution in [2.45, 2.75) is 6.61 Å². The first kappa shape index (κ1) is 16.9. The van der Waals surface area contributed by atoms with Gasteiger partial charge in [-0.3, -0.25) is 4.79 Å². The van der Waals surface area contributed by atoms with Crippen LogP contribution in [0.4, 0.5) is 0 Å². The second kappa shape index (κ2) is 6.99. The molecule has 0 saturated carbocycles. The van der Waals surface area contributed by atoms with Crippen LogP contribution in [0, 0.1) is 0 Å². The number of benzene rings is 1. The van der Waals surface area contributed by atoms with Gasteiger partial charge < -0.3 is 4.74 Å². The zero-order valence-electron chi connectivity index (χ0n) is 13.1. The molecule has 130 valence electrons. The molecule has 0 atom stereocenters. The van der Waals surface area contributed by atoms with Gasteiger partial charge in [0, 0.05) is 11.1 Å². The first-order chi connectivity index (χ1) is 12.6. The highest BCUT2D eigenvalue weighted by Crippen LogP contribution is 2.28. The summed E-state index contributed by atoms with van der Waals surface area (Å²) in [5.41, 5.74) is 0.440. The summed E-state index contributed by atoms with van der Waals surface area (Å²) in [5.74, 6) is -0.507. The third-order valence-corrected chi connectivity index (χ3v) is 5.66. The molecule has 3 aromatic heterocycles. The number of hydrogen-bond donors (Lipinski definition) is 0. The van der Waals surface area contributed by atoms with Gasteiger partial charge in [0.1, 0.15) is 6.61 Å². The molecule has 4 aromatic rings. The number of carbonyl (C=O) groups excluding carboxylic acids is 1. The van der Waals surface area contributed by atoms with E-state index in [-0.39, 0.29) is 12.2 Å². The molecule has 0 aliphatic rings. The zero-order valence-corrected chi connectivity index (χ0v) is 15.5. The average molecular weight is 404 g/mol. The quantitative estimate of drug-likeness (QED) is 0.483. The highest BCUT2D eigenvalue weighted by molar-refractivity contribution is 7.23. The molecular weight excluding hydrogens is 394 g/mol. The van der Waals surface area contributed by atoms with E-state index in [1.165, 1.54) is 21.9 Å². The summed E-state index contributed by atoms with van der Waals surface area (Å²) in [6, 6.07) is 11.5. The summed E-state index contributed by atoms with van der Waals surface area (Å²) in [6.45, 7) is -0.0978. The number of hydrogen-bond acceptors (Lipinski definition) is 7. The Hall–Kier alpha value is -2.55. The van der Waals surface area contributed by atoms with Gasteiger partial charge in [0.15, 0.2) is 5.01 Å². The monoisotopic (exact) mass is 403 g/mol. The molecular formula is C17H10ClN3O3S2. The van der Waals surface area contributed by atoms with Crippen molar-refractivity contribution in [1.82, 2.24) is 14.6 Å². The maximum atomic E-state index is 12.2. The van der Waals surface area contributed by atoms with Gasteiger partial charge in [-0.25, -0.2) is 9.78 Å². The number of nitrogens with zero attached hydrogens (tertiary/aromatic N) is 3. The van der Waals surface area contributed by atoms with Crippen molar-refractivity contribution >= 4 is 45.2 Å². The summed E-state index contributed by atoms with van der Waals surface area (Å²) in [4.78, 5) is 30.1. The van der Waals surface area contributed by atoms with Crippen molar-refractivity contribution in [2.24, 2.45) is 0 Å². The van der Waals surface area contributed by atoms with Crippen molar-refractivity contribution in [3.05, 3.63) is 74.5 Å². The topological polar surface area (TPSA) is 73.6 Å². The number of carbonyl (C=O) groups is 1. The van der Waals surface area contributed by atoms with Crippen LogP contribution in [0.3, 0.4) is 0 Å². The Labute approximate surface area is 160 Å². The molecule has 0 fully saturated rings. The second-order valence-electron chi connectivity index (χ2n) is 5.25. The van der Waals surface area contributed by atoms with Gasteiger partial charge in [0.2, 0.25) is 4.96 Å². The molecule has 3 heterocycles. The minimum absolute atomic E-state index is 0.0978. The summed E-state index contributed by atoms with van der Waals surface area (Å²) >= 11 is 8.65. The molecule has 0 amide bonds. The fourth-order valence-corrected chi connectivity index (χ4v) is 4.08. The molecule has 0 radical (unpaired) electrons. The van der Waals surface area contributed by atoms with Crippen LogP contribution in [0.2, 0.25) is 5.02 Å². The Kier molecular flexibility index (Phi) is 4.54. The Morgan fingerprint density at radius 3 is 2.77 bits per heavy atom. The third kappa shape index (κ3) is 3.39. The lowest BCUT2D eigenvalue weighted by atomic mass is 10.2. The van der Waals surface area contributed by atoms with E-state index in [4.69, 9.17) is 16.3 Å². The standard InChI is InChI=1S/C17H10ClN3O3S2/c18-11-5-3-10(4-6-11)16(23)24-9-12-8-14(22)21-17(19-12)26-15(20-21)13-2-1-7-25-13/h1-8H,9H2. The van der Waals surface area contributed by atoms with Crippen molar-refractivity contribution in [3.8, 4) is 9.88 Å². The summed E-state index contributed by atoms with van der Waals surface area (Å²) in [6.07, 6.45) is 0. The highest BCUT2D eigenvalue weighted by atomic mass is 35.5. The number of aromatic nitrogens is 3. The Balaban J connectivity index is 1.56. The zero-order chi connectivity index (χ0) is 18.1. The lowest BCUT2D eigenvalue weighted by Gasteiger charge is -2.04. The number of ether oxygens (including phenoxy) is 1. The number of thiophene rings is 1. The van der Waals surface area contributed by atoms with E-state index in [2.05, 4.69) is 10.1 Å². The van der Waals surface area contributed by atoms with E-state index in [1.54, 1.807) is 35.6 Å². The van der Waals surface area contributed by atoms with Crippen molar-refractivity contribution in [3.63, 3.8) is 0 Å². The average Bonchev–Trinajstić information content (AvgIpc) is 3.29. The lowest BCUT2D eigenvalue weighted by Crippen LogP contribution is -2.16. The number of halogens is 1. The van der Waals surface area contributed by atoms with Crippen LogP contribution in [0.1, 0.15) is 16.1 Å². The fourth-order valence-electron chi connectivity index (χ4n) is 2.24. The Morgan fingerprint density at radius 1 is 1.23 bits per heavy atom. The van der Waals surface area contributed by atoms with Crippen molar-refractivity contribution in [1.29, 1.82) is 0 Å². The van der Waals surface area contributed by atoms with Gasteiger partial charge in [-0.1, -0.05) is 29.0 Å². The number of esters is 1. The molecule has 0 N–H and O–H groups in total. The molecule has 0 bridgehead atoms. The Bertz CT molecular complexity index is 1130. The summed E-state index contributed by atoms with van der Waals surface area (Å²) < 4.78 is 6.48. The SMILES string of the molecule is O=C(OCc1cc(=O)n2nc(-c3cccs3)sc2n1)c1ccc(Cl)cc1. The molecule has 6 nitrogen and oxygen atoms in total. The van der Waals surface area contributed by atoms with Crippen LogP contribution in [0.25, 0.3) is 14.8 Å². The van der Waals surface area contributed by atoms with Crippen LogP contribution in [0.5, 0.6) is 0 Å². The van der Waals surface area contributed by atoms with E-state index in [0.717, 1.165) is 9.88 Å². The van der Waals surface area contributed by atoms with E-state index >= 15 is 0 Å². The molecule has 0 aliphatic carbocycles. The van der Waals surface area contributed by atoms with E-state index in [0.29, 0.717) is 21.2 Å². The summed E-state index contributed by atoms with van der Waals surface area (Å²) in [7, 11) is 0. The minimum Gasteiger partial charge on any atom is -0.456 e. The van der Waals surface area contributed by atoms with Gasteiger partial charge in [-0.2, -0.15) is 9.61 Å². The Morgan fingerprint density at radius 2 is 2.04 bits per heavy atom. The lowest BCUT2D eigenvalue weighted by molar-refractivity contribution is 0.0468. The number of rotatable bonds is 4. The van der Waals surface area contributed by atoms with Gasteiger partial charge >= 0.3 is 5.97 Å². The highest BCUT2D eigenvalue weighted by Gasteiger charge is 2.13. The minimum atomic E-state index is -0.507. The van der Waals surface area contributed by atoms with Gasteiger partial charge in [0.05, 0.1) is 16.1 Å². The van der Waals surface area contributed by atoms with E-state index in [1.807, 2.05) is 17.5 Å². The molecule has 0 aliphatic heterocycles. The normalized spacial score (nSPS) is 11.0. The fraction of sp³-hybridized carbons (Fsp3) is 0.0588. The molecule has 26 heavy (non-hydrogen) atoms. The summed E-state index contributed by atoms with van der Waals surface area (Å²) in [5, 5.41) is 7.50. The van der Waals surface area contributed by atoms with Crippen LogP contribution in [-0.4, -0.2) is 20.6 Å². The predicted molar refractivity (Wildman–Crippen MR) is 101 cm³/mol. The van der Waals surface area contributed by atoms with Crippen LogP contribution < -0.4 is 5.56 Å². The van der Waals surface area contributed by atoms with Gasteiger partial charge in [0.25, 0.3) is 5.56 Å². The maximum Gasteiger partial charge on any atom is 0.338 e. The molecule has 9 heteroatoms.